The van der Waals surface area contributed by atoms with Crippen molar-refractivity contribution in [2.45, 2.75) is 66.9 Å². The molecule has 0 radical (unpaired) electrons. The van der Waals surface area contributed by atoms with E-state index in [1.165, 1.54) is 19.3 Å². The van der Waals surface area contributed by atoms with Crippen LogP contribution >= 0.6 is 11.8 Å². The number of ether oxygens (including phenoxy) is 2. The number of aromatic nitrogens is 4. The van der Waals surface area contributed by atoms with E-state index in [9.17, 15) is 0 Å². The van der Waals surface area contributed by atoms with E-state index in [1.54, 1.807) is 11.8 Å². The van der Waals surface area contributed by atoms with E-state index in [-0.39, 0.29) is 5.54 Å². The average molecular weight is 479 g/mol. The van der Waals surface area contributed by atoms with E-state index in [2.05, 4.69) is 26.5 Å². The summed E-state index contributed by atoms with van der Waals surface area (Å²) in [6, 6.07) is 2.03. The fourth-order valence-electron chi connectivity index (χ4n) is 5.81. The molecule has 1 aliphatic carbocycles. The summed E-state index contributed by atoms with van der Waals surface area (Å²) in [5, 5.41) is 3.64. The van der Waals surface area contributed by atoms with Crippen molar-refractivity contribution in [2.75, 3.05) is 36.5 Å². The van der Waals surface area contributed by atoms with Crippen LogP contribution < -0.4 is 15.0 Å². The molecule has 3 aromatic rings. The third-order valence-corrected chi connectivity index (χ3v) is 9.08. The number of pyridine rings is 1. The minimum absolute atomic E-state index is 0.191. The van der Waals surface area contributed by atoms with Gasteiger partial charge in [-0.05, 0) is 50.5 Å². The zero-order valence-electron chi connectivity index (χ0n) is 19.5. The highest BCUT2D eigenvalue weighted by Gasteiger charge is 2.45. The second-order valence-electron chi connectivity index (χ2n) is 10.4. The van der Waals surface area contributed by atoms with E-state index < -0.39 is 0 Å². The van der Waals surface area contributed by atoms with Crippen LogP contribution in [0.25, 0.3) is 5.65 Å². The molecule has 1 atom stereocenters. The van der Waals surface area contributed by atoms with Gasteiger partial charge in [-0.2, -0.15) is 0 Å². The van der Waals surface area contributed by atoms with Gasteiger partial charge in [0.05, 0.1) is 29.1 Å². The molecule has 34 heavy (non-hydrogen) atoms. The molecule has 3 aliphatic heterocycles. The van der Waals surface area contributed by atoms with E-state index in [0.717, 1.165) is 78.5 Å². The zero-order valence-corrected chi connectivity index (χ0v) is 20.3. The molecule has 3 fully saturated rings. The Hall–Kier alpha value is -2.52. The summed E-state index contributed by atoms with van der Waals surface area (Å²) < 4.78 is 14.2. The number of nitrogens with zero attached hydrogens (tertiary/aromatic N) is 5. The molecule has 7 rings (SSSR count). The van der Waals surface area contributed by atoms with Crippen molar-refractivity contribution in [1.29, 1.82) is 0 Å². The topological polar surface area (TPSA) is 76.8 Å². The lowest BCUT2D eigenvalue weighted by Gasteiger charge is -2.39. The standard InChI is InChI=1S/C25H30N6O2S/c1-17-14-24(16-33-17)5-10-30(11-6-24)23-28-15-19(22-27-9-12-31(22)23)34-18-2-8-26-21-20(18)32-13-7-25(29-21)3-4-25/h2,8-9,12,15,17H,3-7,10-11,13-14,16H2,1H3,(H,26,29)/t17-/m0/s1. The number of fused-ring (bicyclic) bond motifs is 2. The van der Waals surface area contributed by atoms with Crippen LogP contribution in [0.5, 0.6) is 5.75 Å². The fourth-order valence-corrected chi connectivity index (χ4v) is 6.77. The lowest BCUT2D eigenvalue weighted by Crippen LogP contribution is -2.41. The summed E-state index contributed by atoms with van der Waals surface area (Å²) in [7, 11) is 0. The monoisotopic (exact) mass is 478 g/mol. The van der Waals surface area contributed by atoms with Crippen molar-refractivity contribution in [3.05, 3.63) is 30.9 Å². The van der Waals surface area contributed by atoms with Crippen molar-refractivity contribution in [3.8, 4) is 5.75 Å². The first kappa shape index (κ1) is 20.8. The summed E-state index contributed by atoms with van der Waals surface area (Å²) in [6.45, 7) is 5.82. The van der Waals surface area contributed by atoms with E-state index in [0.29, 0.717) is 11.5 Å². The van der Waals surface area contributed by atoms with Crippen LogP contribution in [0.2, 0.25) is 0 Å². The van der Waals surface area contributed by atoms with Crippen molar-refractivity contribution >= 4 is 29.2 Å². The summed E-state index contributed by atoms with van der Waals surface area (Å²) in [6.07, 6.45) is 15.0. The SMILES string of the molecule is C[C@H]1CC2(CCN(c3ncc(Sc4ccnc5c4OCCC4(CC4)N5)c4nccn34)CC2)CO1. The molecule has 3 aromatic heterocycles. The molecule has 0 aromatic carbocycles. The number of rotatable bonds is 3. The Morgan fingerprint density at radius 3 is 2.74 bits per heavy atom. The predicted molar refractivity (Wildman–Crippen MR) is 131 cm³/mol. The van der Waals surface area contributed by atoms with Crippen molar-refractivity contribution in [3.63, 3.8) is 0 Å². The van der Waals surface area contributed by atoms with Crippen LogP contribution in [0.15, 0.2) is 40.6 Å². The highest BCUT2D eigenvalue weighted by Crippen LogP contribution is 2.48. The zero-order chi connectivity index (χ0) is 22.8. The molecule has 1 saturated carbocycles. The first-order valence-corrected chi connectivity index (χ1v) is 13.2. The molecule has 0 amide bonds. The summed E-state index contributed by atoms with van der Waals surface area (Å²) in [5.74, 6) is 2.68. The molecule has 2 saturated heterocycles. The molecule has 0 unspecified atom stereocenters. The second kappa shape index (κ2) is 7.75. The summed E-state index contributed by atoms with van der Waals surface area (Å²) in [5.41, 5.74) is 1.47. The fraction of sp³-hybridized carbons (Fsp3) is 0.560. The predicted octanol–water partition coefficient (Wildman–Crippen LogP) is 4.40. The Kier molecular flexibility index (Phi) is 4.74. The third-order valence-electron chi connectivity index (χ3n) is 8.03. The van der Waals surface area contributed by atoms with Crippen molar-refractivity contribution in [2.24, 2.45) is 5.41 Å². The minimum atomic E-state index is 0.191. The smallest absolute Gasteiger partial charge is 0.211 e. The highest BCUT2D eigenvalue weighted by atomic mass is 32.2. The minimum Gasteiger partial charge on any atom is -0.488 e. The van der Waals surface area contributed by atoms with Crippen LogP contribution in [0.4, 0.5) is 11.8 Å². The van der Waals surface area contributed by atoms with Gasteiger partial charge in [0.1, 0.15) is 0 Å². The number of nitrogens with one attached hydrogen (secondary N) is 1. The Bertz CT molecular complexity index is 1230. The van der Waals surface area contributed by atoms with Crippen LogP contribution in [0.1, 0.15) is 45.4 Å². The van der Waals surface area contributed by atoms with E-state index in [4.69, 9.17) is 19.4 Å². The number of hydrogen-bond acceptors (Lipinski definition) is 8. The molecule has 4 aliphatic rings. The summed E-state index contributed by atoms with van der Waals surface area (Å²) >= 11 is 1.65. The molecular weight excluding hydrogens is 448 g/mol. The van der Waals surface area contributed by atoms with Gasteiger partial charge in [0.25, 0.3) is 0 Å². The number of hydrogen-bond donors (Lipinski definition) is 1. The van der Waals surface area contributed by atoms with Crippen LogP contribution in [-0.2, 0) is 4.74 Å². The maximum Gasteiger partial charge on any atom is 0.211 e. The van der Waals surface area contributed by atoms with Crippen molar-refractivity contribution in [1.82, 2.24) is 19.4 Å². The Balaban J connectivity index is 1.15. The van der Waals surface area contributed by atoms with Gasteiger partial charge in [-0.15, -0.1) is 0 Å². The molecule has 1 N–H and O–H groups in total. The quantitative estimate of drug-likeness (QED) is 0.594. The normalized spacial score (nSPS) is 24.6. The number of piperidine rings is 1. The maximum atomic E-state index is 6.18. The van der Waals surface area contributed by atoms with Crippen LogP contribution in [0, 0.1) is 5.41 Å². The van der Waals surface area contributed by atoms with Gasteiger partial charge in [-0.3, -0.25) is 4.40 Å². The first-order valence-electron chi connectivity index (χ1n) is 12.4. The van der Waals surface area contributed by atoms with Crippen LogP contribution in [-0.4, -0.2) is 57.3 Å². The van der Waals surface area contributed by atoms with Gasteiger partial charge in [0.2, 0.25) is 5.95 Å². The first-order chi connectivity index (χ1) is 16.6. The molecule has 6 heterocycles. The second-order valence-corrected chi connectivity index (χ2v) is 11.5. The van der Waals surface area contributed by atoms with Gasteiger partial charge >= 0.3 is 0 Å². The Labute approximate surface area is 203 Å². The molecule has 9 heteroatoms. The number of imidazole rings is 1. The van der Waals surface area contributed by atoms with Gasteiger partial charge in [-0.1, -0.05) is 11.8 Å². The largest absolute Gasteiger partial charge is 0.488 e. The van der Waals surface area contributed by atoms with E-state index in [1.807, 2.05) is 30.9 Å². The maximum absolute atomic E-state index is 6.18. The Morgan fingerprint density at radius 2 is 1.94 bits per heavy atom. The third kappa shape index (κ3) is 3.51. The average Bonchev–Trinajstić information content (AvgIpc) is 3.31. The summed E-state index contributed by atoms with van der Waals surface area (Å²) in [4.78, 5) is 18.7. The van der Waals surface area contributed by atoms with Gasteiger partial charge < -0.3 is 19.7 Å². The highest BCUT2D eigenvalue weighted by molar-refractivity contribution is 7.99. The molecule has 0 bridgehead atoms. The van der Waals surface area contributed by atoms with Crippen LogP contribution in [0.3, 0.4) is 0 Å². The lowest BCUT2D eigenvalue weighted by molar-refractivity contribution is 0.0975. The van der Waals surface area contributed by atoms with Gasteiger partial charge in [0.15, 0.2) is 17.2 Å². The molecule has 178 valence electrons. The Morgan fingerprint density at radius 1 is 1.06 bits per heavy atom. The lowest BCUT2D eigenvalue weighted by atomic mass is 9.77. The molecule has 2 spiro atoms. The van der Waals surface area contributed by atoms with Crippen molar-refractivity contribution < 1.29 is 9.47 Å². The van der Waals surface area contributed by atoms with E-state index >= 15 is 0 Å². The molecule has 8 nitrogen and oxygen atoms in total. The molecular formula is C25H30N6O2S. The number of anilines is 2. The van der Waals surface area contributed by atoms with Gasteiger partial charge in [0, 0.05) is 49.8 Å². The van der Waals surface area contributed by atoms with Gasteiger partial charge in [-0.25, -0.2) is 15.0 Å².